The van der Waals surface area contributed by atoms with Crippen LogP contribution in [0, 0.1) is 0 Å². The van der Waals surface area contributed by atoms with Gasteiger partial charge in [-0.15, -0.1) is 0 Å². The van der Waals surface area contributed by atoms with E-state index in [1.807, 2.05) is 18.2 Å². The Morgan fingerprint density at radius 3 is 1.82 bits per heavy atom. The van der Waals surface area contributed by atoms with Gasteiger partial charge < -0.3 is 24.4 Å². The number of anilines is 1. The number of esters is 1. The first-order valence-electron chi connectivity index (χ1n) is 17.6. The number of nitrogens with zero attached hydrogens (tertiary/aromatic N) is 1. The van der Waals surface area contributed by atoms with Gasteiger partial charge in [-0.25, -0.2) is 4.79 Å². The van der Waals surface area contributed by atoms with Crippen LogP contribution in [0.15, 0.2) is 48.5 Å². The number of aliphatic hydroxyl groups excluding tert-OH is 1. The van der Waals surface area contributed by atoms with E-state index in [2.05, 4.69) is 33.0 Å². The van der Waals surface area contributed by atoms with Gasteiger partial charge in [-0.05, 0) is 69.5 Å². The first-order chi connectivity index (χ1) is 22.0. The van der Waals surface area contributed by atoms with Crippen molar-refractivity contribution in [1.82, 2.24) is 0 Å². The van der Waals surface area contributed by atoms with Gasteiger partial charge in [-0.1, -0.05) is 90.2 Å². The Bertz CT molecular complexity index is 1040. The normalized spacial score (nSPS) is 11.0. The lowest BCUT2D eigenvalue weighted by Gasteiger charge is -2.36. The summed E-state index contributed by atoms with van der Waals surface area (Å²) in [5, 5.41) is 9.93. The van der Waals surface area contributed by atoms with Crippen molar-refractivity contribution in [3.63, 3.8) is 0 Å². The summed E-state index contributed by atoms with van der Waals surface area (Å²) in [6.07, 6.45) is 16.3. The number of carbonyl (C=O) groups is 2. The number of benzene rings is 2. The highest BCUT2D eigenvalue weighted by Crippen LogP contribution is 2.21. The fourth-order valence-electron chi connectivity index (χ4n) is 5.52. The molecule has 0 heterocycles. The molecule has 0 aliphatic heterocycles. The summed E-state index contributed by atoms with van der Waals surface area (Å²) < 4.78 is 12.6. The second kappa shape index (κ2) is 25.3. The van der Waals surface area contributed by atoms with Gasteiger partial charge >= 0.3 is 5.97 Å². The molecule has 1 amide bonds. The number of hydrogen-bond donors (Lipinski definition) is 2. The molecule has 0 saturated carbocycles. The van der Waals surface area contributed by atoms with Crippen molar-refractivity contribution in [2.45, 2.75) is 111 Å². The maximum Gasteiger partial charge on any atom is 0.338 e. The number of hydrogen-bond acceptors (Lipinski definition) is 5. The fraction of sp³-hybridized carbons (Fsp3) is 0.632. The topological polar surface area (TPSA) is 84.9 Å². The maximum absolute atomic E-state index is 13.0. The molecular weight excluding hydrogens is 564 g/mol. The highest BCUT2D eigenvalue weighted by atomic mass is 16.5. The number of rotatable bonds is 24. The third kappa shape index (κ3) is 16.3. The second-order valence-electron chi connectivity index (χ2n) is 11.8. The number of quaternary nitrogens is 1. The van der Waals surface area contributed by atoms with Crippen molar-refractivity contribution >= 4 is 17.6 Å². The molecule has 2 N–H and O–H groups in total. The molecule has 0 radical (unpaired) electrons. The number of carbonyl (C=O) groups excluding carboxylic acids is 2. The standard InChI is InChI=1S/C37H58N2O4.CH4O/c1-5-9-11-13-15-16-20-28-39(7-3,8-4)29-31-43-37(41)32-24-26-33(27-25-32)38-36(40)34-22-18-19-23-35(34)42-30-21-17-14-12-10-6-2;1-2/h18-19,22-27H,5-17,20-21,28-31H2,1-4H3;2H,1H3/p+1. The minimum atomic E-state index is -0.326. The maximum atomic E-state index is 13.0. The van der Waals surface area contributed by atoms with E-state index in [4.69, 9.17) is 14.6 Å². The van der Waals surface area contributed by atoms with Crippen molar-refractivity contribution in [2.75, 3.05) is 51.8 Å². The second-order valence-corrected chi connectivity index (χ2v) is 11.8. The summed E-state index contributed by atoms with van der Waals surface area (Å²) in [7, 11) is 1.00. The molecule has 0 spiro atoms. The molecule has 7 nitrogen and oxygen atoms in total. The smallest absolute Gasteiger partial charge is 0.338 e. The van der Waals surface area contributed by atoms with Gasteiger partial charge in [0, 0.05) is 12.8 Å². The van der Waals surface area contributed by atoms with Gasteiger partial charge in [0.2, 0.25) is 0 Å². The zero-order chi connectivity index (χ0) is 33.2. The Labute approximate surface area is 274 Å². The zero-order valence-corrected chi connectivity index (χ0v) is 29.1. The summed E-state index contributed by atoms with van der Waals surface area (Å²) in [4.78, 5) is 25.8. The lowest BCUT2D eigenvalue weighted by atomic mass is 10.1. The molecule has 2 aromatic rings. The first kappa shape index (κ1) is 40.1. The predicted octanol–water partition coefficient (Wildman–Crippen LogP) is 9.05. The predicted molar refractivity (Wildman–Crippen MR) is 187 cm³/mol. The average molecular weight is 628 g/mol. The van der Waals surface area contributed by atoms with Crippen molar-refractivity contribution in [3.8, 4) is 5.75 Å². The summed E-state index contributed by atoms with van der Waals surface area (Å²) >= 11 is 0. The van der Waals surface area contributed by atoms with E-state index < -0.39 is 0 Å². The van der Waals surface area contributed by atoms with E-state index in [9.17, 15) is 9.59 Å². The number of likely N-dealkylation sites (N-methyl/N-ethyl adjacent to an activating group) is 1. The average Bonchev–Trinajstić information content (AvgIpc) is 3.08. The molecule has 254 valence electrons. The summed E-state index contributed by atoms with van der Waals surface area (Å²) in [6, 6.07) is 14.2. The fourth-order valence-corrected chi connectivity index (χ4v) is 5.52. The lowest BCUT2D eigenvalue weighted by molar-refractivity contribution is -0.925. The van der Waals surface area contributed by atoms with Gasteiger partial charge in [0.15, 0.2) is 0 Å². The minimum absolute atomic E-state index is 0.233. The van der Waals surface area contributed by atoms with Gasteiger partial charge in [-0.3, -0.25) is 4.79 Å². The third-order valence-corrected chi connectivity index (χ3v) is 8.64. The minimum Gasteiger partial charge on any atom is -0.493 e. The van der Waals surface area contributed by atoms with E-state index in [1.54, 1.807) is 30.3 Å². The highest BCUT2D eigenvalue weighted by molar-refractivity contribution is 6.06. The Morgan fingerprint density at radius 1 is 0.667 bits per heavy atom. The summed E-state index contributed by atoms with van der Waals surface area (Å²) in [6.45, 7) is 14.0. The molecular formula is C38H63N2O5+. The van der Waals surface area contributed by atoms with Crippen molar-refractivity contribution in [1.29, 1.82) is 0 Å². The Kier molecular flexibility index (Phi) is 22.6. The van der Waals surface area contributed by atoms with Crippen LogP contribution < -0.4 is 10.1 Å². The number of aliphatic hydroxyl groups is 1. The molecule has 45 heavy (non-hydrogen) atoms. The third-order valence-electron chi connectivity index (χ3n) is 8.64. The number of unbranched alkanes of at least 4 members (excludes halogenated alkanes) is 11. The van der Waals surface area contributed by atoms with Crippen LogP contribution in [0.5, 0.6) is 5.75 Å². The highest BCUT2D eigenvalue weighted by Gasteiger charge is 2.23. The summed E-state index contributed by atoms with van der Waals surface area (Å²) in [5.41, 5.74) is 1.61. The quantitative estimate of drug-likeness (QED) is 0.0689. The Morgan fingerprint density at radius 2 is 1.22 bits per heavy atom. The largest absolute Gasteiger partial charge is 0.493 e. The van der Waals surface area contributed by atoms with Crippen LogP contribution in [-0.4, -0.2) is 68.0 Å². The first-order valence-corrected chi connectivity index (χ1v) is 17.6. The van der Waals surface area contributed by atoms with Crippen LogP contribution in [0.3, 0.4) is 0 Å². The van der Waals surface area contributed by atoms with Crippen molar-refractivity contribution in [2.24, 2.45) is 0 Å². The molecule has 0 fully saturated rings. The molecule has 0 unspecified atom stereocenters. The van der Waals surface area contributed by atoms with E-state index in [0.29, 0.717) is 35.8 Å². The molecule has 2 rings (SSSR count). The monoisotopic (exact) mass is 627 g/mol. The molecule has 0 bridgehead atoms. The zero-order valence-electron chi connectivity index (χ0n) is 29.1. The van der Waals surface area contributed by atoms with Crippen LogP contribution >= 0.6 is 0 Å². The molecule has 0 aromatic heterocycles. The van der Waals surface area contributed by atoms with Gasteiger partial charge in [0.25, 0.3) is 5.91 Å². The molecule has 7 heteroatoms. The molecule has 0 aliphatic carbocycles. The van der Waals surface area contributed by atoms with E-state index >= 15 is 0 Å². The molecule has 0 atom stereocenters. The van der Waals surface area contributed by atoms with Crippen LogP contribution in [0.2, 0.25) is 0 Å². The van der Waals surface area contributed by atoms with Crippen LogP contribution in [0.25, 0.3) is 0 Å². The number of para-hydroxylation sites is 1. The van der Waals surface area contributed by atoms with Crippen molar-refractivity contribution in [3.05, 3.63) is 59.7 Å². The van der Waals surface area contributed by atoms with Crippen LogP contribution in [-0.2, 0) is 4.74 Å². The SMILES string of the molecule is CCCCCCCCC[N+](CC)(CC)CCOC(=O)c1ccc(NC(=O)c2ccccc2OCCCCCCCC)cc1.CO. The van der Waals surface area contributed by atoms with Crippen molar-refractivity contribution < 1.29 is 28.7 Å². The van der Waals surface area contributed by atoms with Gasteiger partial charge in [0.1, 0.15) is 18.9 Å². The molecule has 0 aliphatic rings. The van der Waals surface area contributed by atoms with Gasteiger partial charge in [0.05, 0.1) is 37.4 Å². The van der Waals surface area contributed by atoms with Crippen LogP contribution in [0.4, 0.5) is 5.69 Å². The van der Waals surface area contributed by atoms with E-state index in [0.717, 1.165) is 50.6 Å². The molecule has 0 saturated heterocycles. The Hall–Kier alpha value is -2.90. The van der Waals surface area contributed by atoms with E-state index in [1.165, 1.54) is 70.6 Å². The van der Waals surface area contributed by atoms with Crippen LogP contribution in [0.1, 0.15) is 132 Å². The van der Waals surface area contributed by atoms with E-state index in [-0.39, 0.29) is 11.9 Å². The van der Waals surface area contributed by atoms with Gasteiger partial charge in [-0.2, -0.15) is 0 Å². The Balaban J connectivity index is 0.00000496. The number of nitrogens with one attached hydrogen (secondary N) is 1. The summed E-state index contributed by atoms with van der Waals surface area (Å²) in [5.74, 6) is 0.0324. The molecule has 2 aromatic carbocycles. The lowest BCUT2D eigenvalue weighted by Crippen LogP contribution is -2.50. The number of ether oxygens (including phenoxy) is 2. The number of amides is 1.